The molecule has 6 nitrogen and oxygen atoms in total. The summed E-state index contributed by atoms with van der Waals surface area (Å²) in [4.78, 5) is 13.4. The third-order valence-electron chi connectivity index (χ3n) is 5.64. The largest absolute Gasteiger partial charge is 0.370 e. The van der Waals surface area contributed by atoms with Gasteiger partial charge in [-0.3, -0.25) is 0 Å². The fourth-order valence-electron chi connectivity index (χ4n) is 4.00. The number of guanidine groups is 1. The molecule has 32 heavy (non-hydrogen) atoms. The summed E-state index contributed by atoms with van der Waals surface area (Å²) in [6.45, 7) is 7.21. The highest BCUT2D eigenvalue weighted by Crippen LogP contribution is 2.21. The van der Waals surface area contributed by atoms with Crippen LogP contribution in [0, 0.1) is 5.82 Å². The third-order valence-corrected chi connectivity index (χ3v) is 6.59. The molecule has 0 bridgehead atoms. The Morgan fingerprint density at radius 2 is 1.94 bits per heavy atom. The van der Waals surface area contributed by atoms with E-state index in [1.807, 2.05) is 16.7 Å². The van der Waals surface area contributed by atoms with E-state index in [0.29, 0.717) is 18.9 Å². The van der Waals surface area contributed by atoms with Gasteiger partial charge in [0.2, 0.25) is 0 Å². The number of halogens is 2. The van der Waals surface area contributed by atoms with Gasteiger partial charge in [0.15, 0.2) is 17.6 Å². The van der Waals surface area contributed by atoms with Gasteiger partial charge in [-0.2, -0.15) is 11.8 Å². The molecule has 1 aromatic heterocycles. The first kappa shape index (κ1) is 24.9. The number of aliphatic imine (C=N–C) groups is 1. The first-order chi connectivity index (χ1) is 15.2. The topological polar surface area (TPSA) is 55.8 Å². The Bertz CT molecular complexity index is 875. The molecule has 2 fully saturated rings. The molecule has 1 unspecified atom stereocenters. The first-order valence-electron chi connectivity index (χ1n) is 11.0. The number of aromatic nitrogens is 1. The van der Waals surface area contributed by atoms with Gasteiger partial charge in [-0.05, 0) is 43.2 Å². The second kappa shape index (κ2) is 12.5. The number of hydrogen-bond donors (Lipinski definition) is 2. The normalized spacial score (nSPS) is 18.9. The van der Waals surface area contributed by atoms with Gasteiger partial charge in [-0.1, -0.05) is 12.1 Å². The predicted molar refractivity (Wildman–Crippen MR) is 144 cm³/mol. The maximum atomic E-state index is 14.0. The monoisotopic (exact) mass is 570 g/mol. The van der Waals surface area contributed by atoms with Gasteiger partial charge in [-0.25, -0.2) is 14.4 Å². The van der Waals surface area contributed by atoms with Gasteiger partial charge in [0, 0.05) is 62.2 Å². The van der Waals surface area contributed by atoms with E-state index in [9.17, 15) is 4.39 Å². The van der Waals surface area contributed by atoms with Crippen LogP contribution in [0.15, 0.2) is 47.6 Å². The molecule has 4 rings (SSSR count). The highest BCUT2D eigenvalue weighted by atomic mass is 127. The van der Waals surface area contributed by atoms with Gasteiger partial charge >= 0.3 is 0 Å². The minimum Gasteiger partial charge on any atom is -0.370 e. The summed E-state index contributed by atoms with van der Waals surface area (Å²) in [5, 5.41) is 6.83. The Labute approximate surface area is 211 Å². The van der Waals surface area contributed by atoms with E-state index < -0.39 is 0 Å². The Morgan fingerprint density at radius 1 is 1.16 bits per heavy atom. The molecule has 2 aliphatic heterocycles. The number of thioether (sulfide) groups is 1. The average molecular weight is 571 g/mol. The highest BCUT2D eigenvalue weighted by molar-refractivity contribution is 14.0. The fraction of sp³-hybridized carbons (Fsp3) is 0.478. The van der Waals surface area contributed by atoms with Gasteiger partial charge < -0.3 is 20.4 Å². The van der Waals surface area contributed by atoms with Crippen LogP contribution in [-0.4, -0.2) is 61.2 Å². The SMILES string of the molecule is CCNC(=NCc1ccc(N2CCSCC2)cc1)NC1CCN(c2ncccc2F)C1.I. The maximum absolute atomic E-state index is 14.0. The summed E-state index contributed by atoms with van der Waals surface area (Å²) in [7, 11) is 0. The zero-order valence-corrected chi connectivity index (χ0v) is 21.6. The average Bonchev–Trinajstić information content (AvgIpc) is 3.27. The van der Waals surface area contributed by atoms with Crippen LogP contribution in [0.1, 0.15) is 18.9 Å². The molecule has 2 aromatic rings. The summed E-state index contributed by atoms with van der Waals surface area (Å²) in [5.41, 5.74) is 2.49. The standard InChI is InChI=1S/C23H31FN6S.HI/c1-2-25-23(28-19-9-11-30(17-19)22-21(24)4-3-10-26-22)27-16-18-5-7-20(8-6-18)29-12-14-31-15-13-29;/h3-8,10,19H,2,9,11-17H2,1H3,(H2,25,27,28);1H. The van der Waals surface area contributed by atoms with E-state index in [4.69, 9.17) is 4.99 Å². The van der Waals surface area contributed by atoms with Crippen LogP contribution < -0.4 is 20.4 Å². The summed E-state index contributed by atoms with van der Waals surface area (Å²) in [5.74, 6) is 3.37. The third kappa shape index (κ3) is 6.63. The second-order valence-electron chi connectivity index (χ2n) is 7.85. The minimum absolute atomic E-state index is 0. The van der Waals surface area contributed by atoms with Crippen molar-refractivity contribution in [1.82, 2.24) is 15.6 Å². The molecule has 1 atom stereocenters. The Balaban J connectivity index is 0.00000289. The van der Waals surface area contributed by atoms with Crippen LogP contribution in [0.25, 0.3) is 0 Å². The number of anilines is 2. The van der Waals surface area contributed by atoms with E-state index in [0.717, 1.165) is 38.6 Å². The highest BCUT2D eigenvalue weighted by Gasteiger charge is 2.25. The van der Waals surface area contributed by atoms with Crippen molar-refractivity contribution >= 4 is 53.2 Å². The van der Waals surface area contributed by atoms with Crippen LogP contribution in [0.4, 0.5) is 15.9 Å². The molecule has 0 aliphatic carbocycles. The number of nitrogens with zero attached hydrogens (tertiary/aromatic N) is 4. The lowest BCUT2D eigenvalue weighted by Gasteiger charge is -2.28. The van der Waals surface area contributed by atoms with E-state index in [1.54, 1.807) is 12.3 Å². The zero-order chi connectivity index (χ0) is 21.5. The molecule has 9 heteroatoms. The first-order valence-corrected chi connectivity index (χ1v) is 12.2. The number of benzene rings is 1. The van der Waals surface area contributed by atoms with Crippen LogP contribution in [0.3, 0.4) is 0 Å². The molecule has 2 aliphatic rings. The van der Waals surface area contributed by atoms with Crippen LogP contribution >= 0.6 is 35.7 Å². The molecule has 1 aromatic carbocycles. The van der Waals surface area contributed by atoms with E-state index in [1.165, 1.54) is 28.8 Å². The maximum Gasteiger partial charge on any atom is 0.191 e. The van der Waals surface area contributed by atoms with Crippen molar-refractivity contribution in [3.05, 3.63) is 54.0 Å². The zero-order valence-electron chi connectivity index (χ0n) is 18.5. The van der Waals surface area contributed by atoms with Crippen molar-refractivity contribution in [2.24, 2.45) is 4.99 Å². The molecule has 3 heterocycles. The summed E-state index contributed by atoms with van der Waals surface area (Å²) in [6.07, 6.45) is 2.56. The van der Waals surface area contributed by atoms with Gasteiger partial charge in [0.25, 0.3) is 0 Å². The molecule has 0 saturated carbocycles. The summed E-state index contributed by atoms with van der Waals surface area (Å²) in [6, 6.07) is 12.0. The molecule has 0 amide bonds. The second-order valence-corrected chi connectivity index (χ2v) is 9.07. The van der Waals surface area contributed by atoms with Crippen LogP contribution in [0.5, 0.6) is 0 Å². The number of rotatable bonds is 6. The van der Waals surface area contributed by atoms with Crippen molar-refractivity contribution in [3.63, 3.8) is 0 Å². The van der Waals surface area contributed by atoms with Crippen molar-refractivity contribution in [1.29, 1.82) is 0 Å². The molecular weight excluding hydrogens is 538 g/mol. The van der Waals surface area contributed by atoms with Crippen molar-refractivity contribution < 1.29 is 4.39 Å². The van der Waals surface area contributed by atoms with E-state index in [2.05, 4.69) is 51.7 Å². The van der Waals surface area contributed by atoms with Crippen molar-refractivity contribution in [2.75, 3.05) is 54.0 Å². The number of hydrogen-bond acceptors (Lipinski definition) is 5. The van der Waals surface area contributed by atoms with Crippen LogP contribution in [0.2, 0.25) is 0 Å². The molecule has 2 saturated heterocycles. The Kier molecular flexibility index (Phi) is 9.70. The fourth-order valence-corrected chi connectivity index (χ4v) is 4.90. The van der Waals surface area contributed by atoms with E-state index >= 15 is 0 Å². The number of nitrogens with one attached hydrogen (secondary N) is 2. The molecule has 2 N–H and O–H groups in total. The summed E-state index contributed by atoms with van der Waals surface area (Å²) < 4.78 is 14.0. The lowest BCUT2D eigenvalue weighted by molar-refractivity contribution is 0.612. The predicted octanol–water partition coefficient (Wildman–Crippen LogP) is 3.73. The van der Waals surface area contributed by atoms with Crippen molar-refractivity contribution in [2.45, 2.75) is 25.9 Å². The lowest BCUT2D eigenvalue weighted by atomic mass is 10.2. The quantitative estimate of drug-likeness (QED) is 0.314. The lowest BCUT2D eigenvalue weighted by Crippen LogP contribution is -2.44. The van der Waals surface area contributed by atoms with Crippen LogP contribution in [-0.2, 0) is 6.54 Å². The Morgan fingerprint density at radius 3 is 2.66 bits per heavy atom. The van der Waals surface area contributed by atoms with Gasteiger partial charge in [-0.15, -0.1) is 24.0 Å². The Hall–Kier alpha value is -1.75. The summed E-state index contributed by atoms with van der Waals surface area (Å²) >= 11 is 2.03. The molecule has 174 valence electrons. The molecular formula is C23H32FIN6S. The van der Waals surface area contributed by atoms with Crippen molar-refractivity contribution in [3.8, 4) is 0 Å². The number of pyridine rings is 1. The molecule has 0 radical (unpaired) electrons. The minimum atomic E-state index is -0.268. The van der Waals surface area contributed by atoms with Gasteiger partial charge in [0.1, 0.15) is 0 Å². The smallest absolute Gasteiger partial charge is 0.191 e. The molecule has 0 spiro atoms. The van der Waals surface area contributed by atoms with E-state index in [-0.39, 0.29) is 35.8 Å². The van der Waals surface area contributed by atoms with Gasteiger partial charge in [0.05, 0.1) is 6.54 Å².